The van der Waals surface area contributed by atoms with Gasteiger partial charge in [0, 0.05) is 22.4 Å². The van der Waals surface area contributed by atoms with Crippen molar-refractivity contribution in [2.75, 3.05) is 0 Å². The quantitative estimate of drug-likeness (QED) is 0.345. The van der Waals surface area contributed by atoms with Gasteiger partial charge >= 0.3 is 6.18 Å². The predicted octanol–water partition coefficient (Wildman–Crippen LogP) is 4.54. The Bertz CT molecular complexity index is 978. The number of alkyl halides is 3. The Morgan fingerprint density at radius 2 is 1.89 bits per heavy atom. The van der Waals surface area contributed by atoms with Crippen LogP contribution < -0.4 is 0 Å². The van der Waals surface area contributed by atoms with Gasteiger partial charge in [-0.1, -0.05) is 23.4 Å². The number of tetrazole rings is 1. The molecule has 0 fully saturated rings. The first-order chi connectivity index (χ1) is 12.8. The van der Waals surface area contributed by atoms with Crippen molar-refractivity contribution in [3.05, 3.63) is 68.7 Å². The van der Waals surface area contributed by atoms with Gasteiger partial charge in [0.2, 0.25) is 5.16 Å². The number of aromatic nitrogens is 4. The number of hydrogen-bond donors (Lipinski definition) is 0. The summed E-state index contributed by atoms with van der Waals surface area (Å²) in [5.41, 5.74) is -0.849. The molecule has 7 nitrogen and oxygen atoms in total. The normalized spacial score (nSPS) is 11.6. The molecule has 27 heavy (non-hydrogen) atoms. The molecule has 12 heteroatoms. The summed E-state index contributed by atoms with van der Waals surface area (Å²) in [5.74, 6) is -0.117. The fourth-order valence-corrected chi connectivity index (χ4v) is 3.21. The number of benzene rings is 2. The zero-order valence-corrected chi connectivity index (χ0v) is 14.8. The lowest BCUT2D eigenvalue weighted by Crippen LogP contribution is -2.07. The van der Waals surface area contributed by atoms with Crippen LogP contribution in [0, 0.1) is 10.1 Å². The van der Waals surface area contributed by atoms with E-state index in [1.54, 1.807) is 24.3 Å². The van der Waals surface area contributed by atoms with E-state index in [1.165, 1.54) is 4.68 Å². The highest BCUT2D eigenvalue weighted by Crippen LogP contribution is 2.35. The summed E-state index contributed by atoms with van der Waals surface area (Å²) in [6.45, 7) is 0. The molecule has 0 unspecified atom stereocenters. The topological polar surface area (TPSA) is 86.7 Å². The lowest BCUT2D eigenvalue weighted by molar-refractivity contribution is -0.385. The Labute approximate surface area is 159 Å². The number of nitro groups is 1. The van der Waals surface area contributed by atoms with Crippen molar-refractivity contribution in [2.24, 2.45) is 0 Å². The number of nitrogens with zero attached hydrogens (tertiary/aromatic N) is 5. The highest BCUT2D eigenvalue weighted by Gasteiger charge is 2.32. The smallest absolute Gasteiger partial charge is 0.258 e. The number of hydrogen-bond acceptors (Lipinski definition) is 6. The maximum atomic E-state index is 12.9. The molecule has 0 atom stereocenters. The van der Waals surface area contributed by atoms with E-state index in [1.807, 2.05) is 0 Å². The minimum atomic E-state index is -4.60. The van der Waals surface area contributed by atoms with E-state index in [4.69, 9.17) is 11.6 Å². The Morgan fingerprint density at radius 1 is 1.19 bits per heavy atom. The Balaban J connectivity index is 1.88. The lowest BCUT2D eigenvalue weighted by Gasteiger charge is -2.09. The highest BCUT2D eigenvalue weighted by molar-refractivity contribution is 7.98. The molecule has 0 radical (unpaired) electrons. The van der Waals surface area contributed by atoms with E-state index < -0.39 is 22.4 Å². The molecule has 3 aromatic rings. The van der Waals surface area contributed by atoms with Crippen molar-refractivity contribution in [1.82, 2.24) is 20.2 Å². The molecule has 0 saturated heterocycles. The van der Waals surface area contributed by atoms with Gasteiger partial charge in [-0.25, -0.2) is 0 Å². The van der Waals surface area contributed by atoms with Gasteiger partial charge in [0.15, 0.2) is 0 Å². The third kappa shape index (κ3) is 4.37. The minimum absolute atomic E-state index is 0.0783. The average Bonchev–Trinajstić information content (AvgIpc) is 3.08. The zero-order chi connectivity index (χ0) is 19.6. The standard InChI is InChI=1S/C15H9ClF3N5O2S/c16-11-2-4-12(5-3-11)23-14(20-21-22-23)27-8-9-7-10(15(17,18)19)1-6-13(9)24(25)26/h1-7H,8H2. The summed E-state index contributed by atoms with van der Waals surface area (Å²) in [5, 5.41) is 23.1. The summed E-state index contributed by atoms with van der Waals surface area (Å²) in [4.78, 5) is 10.4. The molecule has 2 aromatic carbocycles. The van der Waals surface area contributed by atoms with Crippen molar-refractivity contribution in [3.63, 3.8) is 0 Å². The molecule has 1 heterocycles. The minimum Gasteiger partial charge on any atom is -0.258 e. The number of nitro benzene ring substituents is 1. The van der Waals surface area contributed by atoms with Gasteiger partial charge in [0.25, 0.3) is 5.69 Å². The summed E-state index contributed by atoms with van der Waals surface area (Å²) in [7, 11) is 0. The van der Waals surface area contributed by atoms with Crippen LogP contribution in [0.1, 0.15) is 11.1 Å². The number of thioether (sulfide) groups is 1. The van der Waals surface area contributed by atoms with E-state index in [0.29, 0.717) is 16.8 Å². The van der Waals surface area contributed by atoms with Crippen molar-refractivity contribution >= 4 is 29.1 Å². The second-order valence-electron chi connectivity index (χ2n) is 5.24. The maximum absolute atomic E-state index is 12.9. The number of rotatable bonds is 5. The summed E-state index contributed by atoms with van der Waals surface area (Å²) in [6.07, 6.45) is -4.60. The first kappa shape index (κ1) is 19.1. The van der Waals surface area contributed by atoms with Crippen LogP contribution in [0.3, 0.4) is 0 Å². The van der Waals surface area contributed by atoms with Crippen molar-refractivity contribution in [1.29, 1.82) is 0 Å². The summed E-state index contributed by atoms with van der Waals surface area (Å²) in [6, 6.07) is 8.88. The van der Waals surface area contributed by atoms with Crippen molar-refractivity contribution in [2.45, 2.75) is 17.1 Å². The fraction of sp³-hybridized carbons (Fsp3) is 0.133. The second kappa shape index (κ2) is 7.53. The zero-order valence-electron chi connectivity index (χ0n) is 13.2. The molecular weight excluding hydrogens is 407 g/mol. The van der Waals surface area contributed by atoms with Crippen LogP contribution in [0.25, 0.3) is 5.69 Å². The average molecular weight is 416 g/mol. The maximum Gasteiger partial charge on any atom is 0.416 e. The van der Waals surface area contributed by atoms with Crippen LogP contribution >= 0.6 is 23.4 Å². The molecule has 0 saturated carbocycles. The van der Waals surface area contributed by atoms with Crippen LogP contribution in [0.2, 0.25) is 5.02 Å². The van der Waals surface area contributed by atoms with Gasteiger partial charge in [-0.2, -0.15) is 17.9 Å². The first-order valence-electron chi connectivity index (χ1n) is 7.27. The molecule has 140 valence electrons. The van der Waals surface area contributed by atoms with Crippen LogP contribution in [0.15, 0.2) is 47.6 Å². The van der Waals surface area contributed by atoms with Gasteiger partial charge in [0.1, 0.15) is 0 Å². The summed E-state index contributed by atoms with van der Waals surface area (Å²) < 4.78 is 40.1. The second-order valence-corrected chi connectivity index (χ2v) is 6.62. The van der Waals surface area contributed by atoms with Crippen LogP contribution in [0.5, 0.6) is 0 Å². The molecule has 0 aliphatic rings. The highest BCUT2D eigenvalue weighted by atomic mass is 35.5. The molecule has 0 N–H and O–H groups in total. The Hall–Kier alpha value is -2.66. The summed E-state index contributed by atoms with van der Waals surface area (Å²) >= 11 is 6.81. The SMILES string of the molecule is O=[N+]([O-])c1ccc(C(F)(F)F)cc1CSc1nnnn1-c1ccc(Cl)cc1. The van der Waals surface area contributed by atoms with E-state index in [2.05, 4.69) is 15.5 Å². The Morgan fingerprint density at radius 3 is 2.52 bits per heavy atom. The van der Waals surface area contributed by atoms with Gasteiger partial charge in [-0.3, -0.25) is 10.1 Å². The van der Waals surface area contributed by atoms with E-state index in [0.717, 1.165) is 23.9 Å². The van der Waals surface area contributed by atoms with Crippen LogP contribution in [-0.2, 0) is 11.9 Å². The van der Waals surface area contributed by atoms with Crippen molar-refractivity contribution in [3.8, 4) is 5.69 Å². The monoisotopic (exact) mass is 415 g/mol. The van der Waals surface area contributed by atoms with Gasteiger partial charge in [-0.15, -0.1) is 5.10 Å². The molecule has 0 aliphatic carbocycles. The van der Waals surface area contributed by atoms with Crippen molar-refractivity contribution < 1.29 is 18.1 Å². The molecule has 3 rings (SSSR count). The first-order valence-corrected chi connectivity index (χ1v) is 8.63. The predicted molar refractivity (Wildman–Crippen MR) is 91.8 cm³/mol. The van der Waals surface area contributed by atoms with Crippen LogP contribution in [0.4, 0.5) is 18.9 Å². The van der Waals surface area contributed by atoms with Gasteiger partial charge in [0.05, 0.1) is 16.2 Å². The Kier molecular flexibility index (Phi) is 5.33. The molecule has 0 bridgehead atoms. The molecule has 0 aliphatic heterocycles. The number of halogens is 4. The van der Waals surface area contributed by atoms with Gasteiger partial charge in [-0.05, 0) is 46.8 Å². The van der Waals surface area contributed by atoms with Crippen LogP contribution in [-0.4, -0.2) is 25.1 Å². The third-order valence-electron chi connectivity index (χ3n) is 3.47. The van der Waals surface area contributed by atoms with Gasteiger partial charge < -0.3 is 0 Å². The fourth-order valence-electron chi connectivity index (χ4n) is 2.21. The van der Waals surface area contributed by atoms with E-state index in [9.17, 15) is 23.3 Å². The van der Waals surface area contributed by atoms with E-state index in [-0.39, 0.29) is 16.5 Å². The molecular formula is C15H9ClF3N5O2S. The lowest BCUT2D eigenvalue weighted by atomic mass is 10.1. The van der Waals surface area contributed by atoms with E-state index >= 15 is 0 Å². The molecule has 1 aromatic heterocycles. The third-order valence-corrected chi connectivity index (χ3v) is 4.69. The molecule has 0 spiro atoms. The molecule has 0 amide bonds. The largest absolute Gasteiger partial charge is 0.416 e.